The van der Waals surface area contributed by atoms with Crippen molar-refractivity contribution < 1.29 is 9.53 Å². The summed E-state index contributed by atoms with van der Waals surface area (Å²) >= 11 is 0. The molecule has 0 saturated heterocycles. The van der Waals surface area contributed by atoms with Gasteiger partial charge in [-0.1, -0.05) is 41.5 Å². The molecule has 0 saturated carbocycles. The third-order valence-electron chi connectivity index (χ3n) is 4.00. The van der Waals surface area contributed by atoms with Crippen molar-refractivity contribution in [2.75, 3.05) is 7.11 Å². The summed E-state index contributed by atoms with van der Waals surface area (Å²) < 4.78 is 4.88. The van der Waals surface area contributed by atoms with Gasteiger partial charge in [0, 0.05) is 6.07 Å². The number of esters is 1. The highest BCUT2D eigenvalue weighted by Crippen LogP contribution is 2.32. The third kappa shape index (κ3) is 3.94. The zero-order valence-electron chi connectivity index (χ0n) is 14.7. The maximum atomic E-state index is 11.9. The van der Waals surface area contributed by atoms with Gasteiger partial charge < -0.3 is 4.74 Å². The first-order valence-corrected chi connectivity index (χ1v) is 9.37. The summed E-state index contributed by atoms with van der Waals surface area (Å²) in [5.41, 5.74) is 3.05. The van der Waals surface area contributed by atoms with Crippen molar-refractivity contribution in [1.82, 2.24) is 0 Å². The van der Waals surface area contributed by atoms with Crippen LogP contribution in [0.4, 0.5) is 0 Å². The molecule has 2 nitrogen and oxygen atoms in total. The first-order valence-electron chi connectivity index (χ1n) is 8.14. The fraction of sp³-hybridized carbons (Fsp3) is 0.136. The average molecular weight is 349 g/mol. The van der Waals surface area contributed by atoms with Crippen molar-refractivity contribution in [3.8, 4) is 0 Å². The lowest BCUT2D eigenvalue weighted by Gasteiger charge is -2.09. The Morgan fingerprint density at radius 3 is 1.76 bits per heavy atom. The number of hydrogen-bond acceptors (Lipinski definition) is 2. The van der Waals surface area contributed by atoms with Gasteiger partial charge in [0.05, 0.1) is 23.6 Å². The summed E-state index contributed by atoms with van der Waals surface area (Å²) in [6, 6.07) is 24.9. The number of methoxy groups -OCH3 is 1. The average Bonchev–Trinajstić information content (AvgIpc) is 2.64. The van der Waals surface area contributed by atoms with Crippen LogP contribution >= 0.6 is 0 Å². The minimum atomic E-state index is -0.307. The van der Waals surface area contributed by atoms with Crippen LogP contribution in [-0.2, 0) is 15.6 Å². The van der Waals surface area contributed by atoms with Gasteiger partial charge in [0.1, 0.15) is 0 Å². The molecule has 3 aromatic rings. The Bertz CT molecular complexity index is 822. The maximum Gasteiger partial charge on any atom is 0.338 e. The predicted molar refractivity (Wildman–Crippen MR) is 102 cm³/mol. The van der Waals surface area contributed by atoms with Gasteiger partial charge in [0.25, 0.3) is 0 Å². The third-order valence-corrected chi connectivity index (χ3v) is 6.22. The van der Waals surface area contributed by atoms with Gasteiger partial charge in [-0.25, -0.2) is 4.79 Å². The second kappa shape index (κ2) is 7.58. The van der Waals surface area contributed by atoms with Gasteiger partial charge in [-0.3, -0.25) is 0 Å². The number of carbonyl (C=O) groups excluding carboxylic acids is 1. The van der Waals surface area contributed by atoms with Crippen molar-refractivity contribution >= 4 is 16.9 Å². The molecule has 0 bridgehead atoms. The number of carbonyl (C=O) groups is 1. The van der Waals surface area contributed by atoms with E-state index in [0.717, 1.165) is 4.90 Å². The van der Waals surface area contributed by atoms with Crippen LogP contribution < -0.4 is 0 Å². The molecule has 25 heavy (non-hydrogen) atoms. The molecule has 0 N–H and O–H groups in total. The Morgan fingerprint density at radius 1 is 0.760 bits per heavy atom. The molecule has 126 valence electrons. The molecule has 0 aliphatic carbocycles. The second-order valence-corrected chi connectivity index (χ2v) is 7.98. The summed E-state index contributed by atoms with van der Waals surface area (Å²) in [5.74, 6) is -0.307. The molecule has 0 amide bonds. The molecule has 0 aliphatic heterocycles. The summed E-state index contributed by atoms with van der Waals surface area (Å²) in [6.45, 7) is 4.18. The van der Waals surface area contributed by atoms with E-state index in [1.807, 2.05) is 12.1 Å². The zero-order valence-corrected chi connectivity index (χ0v) is 15.5. The smallest absolute Gasteiger partial charge is 0.338 e. The van der Waals surface area contributed by atoms with Gasteiger partial charge in [0.2, 0.25) is 0 Å². The Kier molecular flexibility index (Phi) is 5.25. The van der Waals surface area contributed by atoms with E-state index in [9.17, 15) is 4.79 Å². The van der Waals surface area contributed by atoms with E-state index >= 15 is 0 Å². The molecule has 3 aromatic carbocycles. The largest absolute Gasteiger partial charge is 0.465 e. The van der Waals surface area contributed by atoms with Crippen LogP contribution in [0.2, 0.25) is 0 Å². The van der Waals surface area contributed by atoms with Gasteiger partial charge in [-0.2, -0.15) is 0 Å². The molecule has 3 heteroatoms. The lowest BCUT2D eigenvalue weighted by molar-refractivity contribution is 0.0600. The standard InChI is InChI=1S/C22H21O2S/c1-16-7-11-19(12-8-16)25(20-13-9-17(2)10-14-20)21-6-4-5-18(15-21)22(23)24-3/h4-15H,1-3H3/q+1. The van der Waals surface area contributed by atoms with Crippen molar-refractivity contribution in [3.05, 3.63) is 89.5 Å². The van der Waals surface area contributed by atoms with E-state index in [2.05, 4.69) is 68.4 Å². The van der Waals surface area contributed by atoms with E-state index in [-0.39, 0.29) is 16.9 Å². The Morgan fingerprint density at radius 2 is 1.28 bits per heavy atom. The molecule has 0 atom stereocenters. The monoisotopic (exact) mass is 349 g/mol. The molecule has 0 unspecified atom stereocenters. The molecule has 3 rings (SSSR count). The van der Waals surface area contributed by atoms with E-state index in [1.165, 1.54) is 28.0 Å². The summed E-state index contributed by atoms with van der Waals surface area (Å²) in [7, 11) is 1.14. The number of rotatable bonds is 4. The zero-order chi connectivity index (χ0) is 17.8. The van der Waals surface area contributed by atoms with Gasteiger partial charge in [-0.15, -0.1) is 0 Å². The molecule has 0 aromatic heterocycles. The van der Waals surface area contributed by atoms with Crippen LogP contribution in [0.1, 0.15) is 21.5 Å². The Balaban J connectivity index is 2.12. The van der Waals surface area contributed by atoms with E-state index in [4.69, 9.17) is 4.74 Å². The van der Waals surface area contributed by atoms with Crippen LogP contribution in [0.15, 0.2) is 87.5 Å². The van der Waals surface area contributed by atoms with Gasteiger partial charge >= 0.3 is 5.97 Å². The van der Waals surface area contributed by atoms with Crippen LogP contribution in [0.25, 0.3) is 0 Å². The Hall–Kier alpha value is -2.52. The summed E-state index contributed by atoms with van der Waals surface area (Å²) in [5, 5.41) is 0. The van der Waals surface area contributed by atoms with Gasteiger partial charge in [0.15, 0.2) is 14.7 Å². The van der Waals surface area contributed by atoms with Crippen molar-refractivity contribution in [3.63, 3.8) is 0 Å². The molecular formula is C22H21O2S+. The first-order chi connectivity index (χ1) is 12.1. The summed E-state index contributed by atoms with van der Waals surface area (Å²) in [4.78, 5) is 15.5. The molecule has 0 radical (unpaired) electrons. The van der Waals surface area contributed by atoms with Crippen molar-refractivity contribution in [1.29, 1.82) is 0 Å². The molecule has 0 heterocycles. The Labute approximate surface area is 151 Å². The van der Waals surface area contributed by atoms with Crippen LogP contribution in [0, 0.1) is 13.8 Å². The molecule has 0 fully saturated rings. The van der Waals surface area contributed by atoms with Crippen molar-refractivity contribution in [2.45, 2.75) is 28.5 Å². The fourth-order valence-electron chi connectivity index (χ4n) is 2.62. The fourth-order valence-corrected chi connectivity index (χ4v) is 4.72. The summed E-state index contributed by atoms with van der Waals surface area (Å²) in [6.07, 6.45) is 0. The SMILES string of the molecule is COC(=O)c1cccc([S+](c2ccc(C)cc2)c2ccc(C)cc2)c1. The van der Waals surface area contributed by atoms with E-state index in [0.29, 0.717) is 5.56 Å². The maximum absolute atomic E-state index is 11.9. The second-order valence-electron chi connectivity index (χ2n) is 5.95. The molecular weight excluding hydrogens is 328 g/mol. The quantitative estimate of drug-likeness (QED) is 0.479. The van der Waals surface area contributed by atoms with Crippen LogP contribution in [0.3, 0.4) is 0 Å². The van der Waals surface area contributed by atoms with Crippen LogP contribution in [-0.4, -0.2) is 13.1 Å². The van der Waals surface area contributed by atoms with E-state index in [1.54, 1.807) is 6.07 Å². The number of aryl methyl sites for hydroxylation is 2. The normalized spacial score (nSPS) is 10.7. The highest BCUT2D eigenvalue weighted by molar-refractivity contribution is 7.97. The highest BCUT2D eigenvalue weighted by atomic mass is 32.2. The lowest BCUT2D eigenvalue weighted by atomic mass is 10.2. The minimum Gasteiger partial charge on any atom is -0.465 e. The predicted octanol–water partition coefficient (Wildman–Crippen LogP) is 5.19. The number of hydrogen-bond donors (Lipinski definition) is 0. The van der Waals surface area contributed by atoms with E-state index < -0.39 is 0 Å². The van der Waals surface area contributed by atoms with Crippen LogP contribution in [0.5, 0.6) is 0 Å². The van der Waals surface area contributed by atoms with Gasteiger partial charge in [-0.05, 0) is 50.2 Å². The number of ether oxygens (including phenoxy) is 1. The first kappa shape index (κ1) is 17.3. The minimum absolute atomic E-state index is 0.268. The lowest BCUT2D eigenvalue weighted by Crippen LogP contribution is -2.07. The van der Waals surface area contributed by atoms with Crippen molar-refractivity contribution in [2.24, 2.45) is 0 Å². The molecule has 0 spiro atoms. The highest BCUT2D eigenvalue weighted by Gasteiger charge is 2.29. The molecule has 0 aliphatic rings. The topological polar surface area (TPSA) is 26.3 Å². The number of benzene rings is 3.